The van der Waals surface area contributed by atoms with Crippen LogP contribution in [0, 0.1) is 3.57 Å². The highest BCUT2D eigenvalue weighted by Crippen LogP contribution is 2.14. The number of halogens is 1. The number of aromatic amines is 1. The van der Waals surface area contributed by atoms with Gasteiger partial charge in [0.2, 0.25) is 0 Å². The van der Waals surface area contributed by atoms with Gasteiger partial charge < -0.3 is 9.72 Å². The van der Waals surface area contributed by atoms with Crippen LogP contribution in [0.5, 0.6) is 5.75 Å². The van der Waals surface area contributed by atoms with Crippen molar-refractivity contribution < 1.29 is 4.74 Å². The molecule has 3 heteroatoms. The Hall–Kier alpha value is -0.970. The van der Waals surface area contributed by atoms with Gasteiger partial charge in [0.1, 0.15) is 12.4 Å². The van der Waals surface area contributed by atoms with Crippen molar-refractivity contribution in [1.82, 2.24) is 4.98 Å². The van der Waals surface area contributed by atoms with E-state index in [1.165, 1.54) is 3.57 Å². The molecule has 0 aliphatic heterocycles. The van der Waals surface area contributed by atoms with Gasteiger partial charge in [0, 0.05) is 9.77 Å². The minimum absolute atomic E-state index is 0.591. The zero-order valence-electron chi connectivity index (χ0n) is 7.53. The first-order valence-corrected chi connectivity index (χ1v) is 5.43. The van der Waals surface area contributed by atoms with E-state index < -0.39 is 0 Å². The molecule has 0 unspecified atom stereocenters. The molecule has 2 nitrogen and oxygen atoms in total. The molecular formula is C11H10INO. The van der Waals surface area contributed by atoms with E-state index >= 15 is 0 Å². The van der Waals surface area contributed by atoms with Crippen LogP contribution in [-0.4, -0.2) is 4.98 Å². The summed E-state index contributed by atoms with van der Waals surface area (Å²) in [5.41, 5.74) is 1.09. The van der Waals surface area contributed by atoms with Gasteiger partial charge in [-0.15, -0.1) is 0 Å². The molecule has 0 radical (unpaired) electrons. The van der Waals surface area contributed by atoms with Crippen molar-refractivity contribution in [2.45, 2.75) is 6.61 Å². The molecule has 0 fully saturated rings. The lowest BCUT2D eigenvalue weighted by atomic mass is 10.3. The van der Waals surface area contributed by atoms with Crippen molar-refractivity contribution in [3.05, 3.63) is 51.9 Å². The first kappa shape index (κ1) is 9.58. The Kier molecular flexibility index (Phi) is 3.08. The number of ether oxygens (including phenoxy) is 1. The van der Waals surface area contributed by atoms with Gasteiger partial charge in [-0.1, -0.05) is 0 Å². The summed E-state index contributed by atoms with van der Waals surface area (Å²) in [4.78, 5) is 3.09. The van der Waals surface area contributed by atoms with Gasteiger partial charge in [-0.2, -0.15) is 0 Å². The number of benzene rings is 1. The number of aromatic nitrogens is 1. The summed E-state index contributed by atoms with van der Waals surface area (Å²) in [6.45, 7) is 0.591. The first-order chi connectivity index (χ1) is 6.84. The monoisotopic (exact) mass is 299 g/mol. The Balaban J connectivity index is 1.95. The van der Waals surface area contributed by atoms with Gasteiger partial charge in [-0.05, 0) is 59.0 Å². The van der Waals surface area contributed by atoms with Gasteiger partial charge >= 0.3 is 0 Å². The second-order valence-corrected chi connectivity index (χ2v) is 4.18. The summed E-state index contributed by atoms with van der Waals surface area (Å²) in [5.74, 6) is 0.903. The molecular weight excluding hydrogens is 289 g/mol. The van der Waals surface area contributed by atoms with Crippen LogP contribution in [0.15, 0.2) is 42.6 Å². The van der Waals surface area contributed by atoms with Crippen LogP contribution in [0.4, 0.5) is 0 Å². The number of hydrogen-bond donors (Lipinski definition) is 1. The second kappa shape index (κ2) is 4.50. The SMILES string of the molecule is Ic1ccc(OCc2ccc[nH]2)cc1. The van der Waals surface area contributed by atoms with Gasteiger partial charge in [-0.3, -0.25) is 0 Å². The highest BCUT2D eigenvalue weighted by Gasteiger charge is 1.95. The summed E-state index contributed by atoms with van der Waals surface area (Å²) in [5, 5.41) is 0. The molecule has 1 aromatic carbocycles. The van der Waals surface area contributed by atoms with Crippen molar-refractivity contribution in [2.75, 3.05) is 0 Å². The molecule has 0 spiro atoms. The van der Waals surface area contributed by atoms with Crippen LogP contribution in [0.3, 0.4) is 0 Å². The molecule has 2 rings (SSSR count). The average molecular weight is 299 g/mol. The molecule has 2 aromatic rings. The minimum atomic E-state index is 0.591. The Morgan fingerprint density at radius 2 is 1.93 bits per heavy atom. The first-order valence-electron chi connectivity index (χ1n) is 4.35. The highest BCUT2D eigenvalue weighted by molar-refractivity contribution is 14.1. The maximum absolute atomic E-state index is 5.57. The summed E-state index contributed by atoms with van der Waals surface area (Å²) in [6, 6.07) is 12.0. The van der Waals surface area contributed by atoms with Crippen molar-refractivity contribution in [1.29, 1.82) is 0 Å². The van der Waals surface area contributed by atoms with Crippen molar-refractivity contribution >= 4 is 22.6 Å². The van der Waals surface area contributed by atoms with Gasteiger partial charge in [0.05, 0.1) is 5.69 Å². The maximum Gasteiger partial charge on any atom is 0.128 e. The summed E-state index contributed by atoms with van der Waals surface area (Å²) in [6.07, 6.45) is 1.90. The van der Waals surface area contributed by atoms with Crippen LogP contribution in [0.2, 0.25) is 0 Å². The summed E-state index contributed by atoms with van der Waals surface area (Å²) in [7, 11) is 0. The van der Waals surface area contributed by atoms with Crippen LogP contribution >= 0.6 is 22.6 Å². The van der Waals surface area contributed by atoms with Crippen LogP contribution in [0.25, 0.3) is 0 Å². The lowest BCUT2D eigenvalue weighted by Gasteiger charge is -2.04. The topological polar surface area (TPSA) is 25.0 Å². The van der Waals surface area contributed by atoms with E-state index in [1.54, 1.807) is 0 Å². The van der Waals surface area contributed by atoms with Crippen molar-refractivity contribution in [2.24, 2.45) is 0 Å². The zero-order chi connectivity index (χ0) is 9.80. The zero-order valence-corrected chi connectivity index (χ0v) is 9.69. The second-order valence-electron chi connectivity index (χ2n) is 2.94. The molecule has 1 heterocycles. The predicted molar refractivity (Wildman–Crippen MR) is 64.3 cm³/mol. The third-order valence-corrected chi connectivity index (χ3v) is 2.59. The Labute approximate surface area is 96.4 Å². The Bertz CT molecular complexity index is 380. The van der Waals surface area contributed by atoms with E-state index in [0.717, 1.165) is 11.4 Å². The van der Waals surface area contributed by atoms with Gasteiger partial charge in [0.15, 0.2) is 0 Å². The third kappa shape index (κ3) is 2.51. The van der Waals surface area contributed by atoms with E-state index in [-0.39, 0.29) is 0 Å². The lowest BCUT2D eigenvalue weighted by molar-refractivity contribution is 0.302. The Morgan fingerprint density at radius 3 is 2.57 bits per heavy atom. The largest absolute Gasteiger partial charge is 0.487 e. The molecule has 72 valence electrons. The van der Waals surface area contributed by atoms with Crippen LogP contribution in [-0.2, 0) is 6.61 Å². The van der Waals surface area contributed by atoms with E-state index in [9.17, 15) is 0 Å². The molecule has 0 saturated heterocycles. The lowest BCUT2D eigenvalue weighted by Crippen LogP contribution is -1.94. The summed E-state index contributed by atoms with van der Waals surface area (Å²) >= 11 is 2.27. The van der Waals surface area contributed by atoms with E-state index in [2.05, 4.69) is 27.6 Å². The fraction of sp³-hybridized carbons (Fsp3) is 0.0909. The number of H-pyrrole nitrogens is 1. The molecule has 14 heavy (non-hydrogen) atoms. The fourth-order valence-corrected chi connectivity index (χ4v) is 1.51. The van der Waals surface area contributed by atoms with E-state index in [0.29, 0.717) is 6.61 Å². The number of rotatable bonds is 3. The third-order valence-electron chi connectivity index (χ3n) is 1.87. The molecule has 0 amide bonds. The number of nitrogens with one attached hydrogen (secondary N) is 1. The molecule has 0 bridgehead atoms. The quantitative estimate of drug-likeness (QED) is 0.865. The molecule has 1 N–H and O–H groups in total. The van der Waals surface area contributed by atoms with E-state index in [1.807, 2.05) is 42.6 Å². The normalized spacial score (nSPS) is 10.1. The van der Waals surface area contributed by atoms with Crippen LogP contribution in [0.1, 0.15) is 5.69 Å². The highest BCUT2D eigenvalue weighted by atomic mass is 127. The maximum atomic E-state index is 5.57. The molecule has 0 aliphatic carbocycles. The standard InChI is InChI=1S/C11H10INO/c12-9-3-5-11(6-4-9)14-8-10-2-1-7-13-10/h1-7,13H,8H2. The van der Waals surface area contributed by atoms with Gasteiger partial charge in [0.25, 0.3) is 0 Å². The summed E-state index contributed by atoms with van der Waals surface area (Å²) < 4.78 is 6.79. The van der Waals surface area contributed by atoms with Crippen molar-refractivity contribution in [3.8, 4) is 5.75 Å². The minimum Gasteiger partial charge on any atom is -0.487 e. The molecule has 0 saturated carbocycles. The fourth-order valence-electron chi connectivity index (χ4n) is 1.15. The average Bonchev–Trinajstić information content (AvgIpc) is 2.70. The molecule has 1 aromatic heterocycles. The van der Waals surface area contributed by atoms with Crippen LogP contribution < -0.4 is 4.74 Å². The predicted octanol–water partition coefficient (Wildman–Crippen LogP) is 3.20. The smallest absolute Gasteiger partial charge is 0.128 e. The number of hydrogen-bond acceptors (Lipinski definition) is 1. The van der Waals surface area contributed by atoms with Gasteiger partial charge in [-0.25, -0.2) is 0 Å². The molecule has 0 aliphatic rings. The Morgan fingerprint density at radius 1 is 1.14 bits per heavy atom. The van der Waals surface area contributed by atoms with E-state index in [4.69, 9.17) is 4.74 Å². The van der Waals surface area contributed by atoms with Crippen molar-refractivity contribution in [3.63, 3.8) is 0 Å². The molecule has 0 atom stereocenters.